The van der Waals surface area contributed by atoms with Crippen LogP contribution in [0, 0.1) is 0 Å². The molecule has 0 atom stereocenters. The minimum absolute atomic E-state index is 0.561. The Bertz CT molecular complexity index is 398. The van der Waals surface area contributed by atoms with Crippen molar-refractivity contribution in [3.05, 3.63) is 35.9 Å². The van der Waals surface area contributed by atoms with Crippen LogP contribution in [-0.4, -0.2) is 17.7 Å². The third-order valence-electron chi connectivity index (χ3n) is 2.47. The van der Waals surface area contributed by atoms with Crippen molar-refractivity contribution >= 4 is 17.9 Å². The van der Waals surface area contributed by atoms with Gasteiger partial charge in [0.05, 0.1) is 5.69 Å². The van der Waals surface area contributed by atoms with Gasteiger partial charge in [0, 0.05) is 6.54 Å². The summed E-state index contributed by atoms with van der Waals surface area (Å²) < 4.78 is 0. The molecule has 1 N–H and O–H groups in total. The average molecular weight is 189 g/mol. The van der Waals surface area contributed by atoms with Gasteiger partial charge in [-0.1, -0.05) is 18.7 Å². The number of rotatable bonds is 1. The van der Waals surface area contributed by atoms with E-state index in [0.717, 1.165) is 23.2 Å². The quantitative estimate of drug-likeness (QED) is 0.736. The Morgan fingerprint density at radius 1 is 1.57 bits per heavy atom. The van der Waals surface area contributed by atoms with Crippen LogP contribution in [0.25, 0.3) is 6.08 Å². The summed E-state index contributed by atoms with van der Waals surface area (Å²) in [4.78, 5) is 12.2. The Hall–Kier alpha value is -1.77. The Balaban J connectivity index is 2.43. The van der Waals surface area contributed by atoms with E-state index in [1.165, 1.54) is 4.90 Å². The topological polar surface area (TPSA) is 40.5 Å². The molecule has 1 aliphatic rings. The van der Waals surface area contributed by atoms with Gasteiger partial charge in [-0.2, -0.15) is 0 Å². The molecule has 0 unspecified atom stereocenters. The first kappa shape index (κ1) is 8.81. The lowest BCUT2D eigenvalue weighted by Gasteiger charge is -2.12. The van der Waals surface area contributed by atoms with Crippen molar-refractivity contribution in [2.45, 2.75) is 6.42 Å². The Morgan fingerprint density at radius 2 is 2.36 bits per heavy atom. The molecule has 0 aliphatic carbocycles. The smallest absolute Gasteiger partial charge is 0.411 e. The molecule has 0 spiro atoms. The van der Waals surface area contributed by atoms with Crippen LogP contribution in [0.3, 0.4) is 0 Å². The molecule has 1 aliphatic heterocycles. The summed E-state index contributed by atoms with van der Waals surface area (Å²) in [7, 11) is 0. The minimum atomic E-state index is -0.880. The first-order chi connectivity index (χ1) is 6.72. The maximum Gasteiger partial charge on any atom is 0.411 e. The predicted octanol–water partition coefficient (Wildman–Crippen LogP) is 2.37. The third-order valence-corrected chi connectivity index (χ3v) is 2.47. The predicted molar refractivity (Wildman–Crippen MR) is 55.6 cm³/mol. The molecule has 0 saturated carbocycles. The lowest BCUT2D eigenvalue weighted by molar-refractivity contribution is 0.202. The lowest BCUT2D eigenvalue weighted by atomic mass is 10.1. The number of carbonyl (C=O) groups is 1. The van der Waals surface area contributed by atoms with Crippen molar-refractivity contribution < 1.29 is 9.90 Å². The normalized spacial score (nSPS) is 13.9. The molecule has 0 radical (unpaired) electrons. The molecule has 0 aromatic heterocycles. The van der Waals surface area contributed by atoms with E-state index in [1.807, 2.05) is 18.2 Å². The number of carboxylic acid groups (broad SMARTS) is 1. The van der Waals surface area contributed by atoms with Crippen LogP contribution < -0.4 is 4.90 Å². The number of hydrogen-bond donors (Lipinski definition) is 1. The number of fused-ring (bicyclic) bond motifs is 1. The molecule has 1 heterocycles. The fraction of sp³-hybridized carbons (Fsp3) is 0.182. The Labute approximate surface area is 82.3 Å². The summed E-state index contributed by atoms with van der Waals surface area (Å²) in [6, 6.07) is 5.71. The van der Waals surface area contributed by atoms with Crippen LogP contribution in [0.15, 0.2) is 24.8 Å². The zero-order valence-electron chi connectivity index (χ0n) is 7.73. The molecule has 3 nitrogen and oxygen atoms in total. The van der Waals surface area contributed by atoms with E-state index in [9.17, 15) is 4.79 Å². The van der Waals surface area contributed by atoms with Gasteiger partial charge in [-0.25, -0.2) is 4.79 Å². The van der Waals surface area contributed by atoms with Crippen LogP contribution in [0.2, 0.25) is 0 Å². The van der Waals surface area contributed by atoms with Crippen molar-refractivity contribution in [1.29, 1.82) is 0 Å². The number of hydrogen-bond acceptors (Lipinski definition) is 1. The molecule has 72 valence electrons. The van der Waals surface area contributed by atoms with Crippen LogP contribution >= 0.6 is 0 Å². The van der Waals surface area contributed by atoms with Crippen molar-refractivity contribution in [3.8, 4) is 0 Å². The molecule has 0 bridgehead atoms. The van der Waals surface area contributed by atoms with E-state index < -0.39 is 6.09 Å². The highest BCUT2D eigenvalue weighted by atomic mass is 16.4. The molecular formula is C11H11NO2. The van der Waals surface area contributed by atoms with Gasteiger partial charge in [0.25, 0.3) is 0 Å². The maximum absolute atomic E-state index is 10.8. The van der Waals surface area contributed by atoms with Gasteiger partial charge in [-0.05, 0) is 29.7 Å². The molecule has 3 heteroatoms. The minimum Gasteiger partial charge on any atom is -0.465 e. The first-order valence-corrected chi connectivity index (χ1v) is 4.48. The SMILES string of the molecule is C=Cc1ccc2c(c1)CCN2C(=O)O. The second kappa shape index (κ2) is 3.18. The zero-order chi connectivity index (χ0) is 10.1. The van der Waals surface area contributed by atoms with E-state index in [4.69, 9.17) is 5.11 Å². The fourth-order valence-corrected chi connectivity index (χ4v) is 1.75. The van der Waals surface area contributed by atoms with Gasteiger partial charge in [0.2, 0.25) is 0 Å². The molecule has 14 heavy (non-hydrogen) atoms. The molecule has 2 rings (SSSR count). The van der Waals surface area contributed by atoms with Crippen molar-refractivity contribution in [3.63, 3.8) is 0 Å². The largest absolute Gasteiger partial charge is 0.465 e. The fourth-order valence-electron chi connectivity index (χ4n) is 1.75. The Kier molecular flexibility index (Phi) is 2.00. The van der Waals surface area contributed by atoms with Gasteiger partial charge in [-0.15, -0.1) is 0 Å². The highest BCUT2D eigenvalue weighted by Gasteiger charge is 2.23. The summed E-state index contributed by atoms with van der Waals surface area (Å²) in [5, 5.41) is 8.89. The number of anilines is 1. The van der Waals surface area contributed by atoms with Crippen LogP contribution in [0.4, 0.5) is 10.5 Å². The lowest BCUT2D eigenvalue weighted by Crippen LogP contribution is -2.26. The first-order valence-electron chi connectivity index (χ1n) is 4.48. The number of amides is 1. The van der Waals surface area contributed by atoms with Gasteiger partial charge in [0.15, 0.2) is 0 Å². The standard InChI is InChI=1S/C11H11NO2/c1-2-8-3-4-10-9(7-8)5-6-12(10)11(13)14/h2-4,7H,1,5-6H2,(H,13,14). The summed E-state index contributed by atoms with van der Waals surface area (Å²) in [5.41, 5.74) is 2.93. The molecule has 0 fully saturated rings. The van der Waals surface area contributed by atoms with Crippen molar-refractivity contribution in [2.75, 3.05) is 11.4 Å². The van der Waals surface area contributed by atoms with Gasteiger partial charge < -0.3 is 5.11 Å². The molecular weight excluding hydrogens is 178 g/mol. The molecule has 1 aromatic rings. The zero-order valence-corrected chi connectivity index (χ0v) is 7.73. The average Bonchev–Trinajstić information content (AvgIpc) is 2.59. The van der Waals surface area contributed by atoms with Crippen LogP contribution in [-0.2, 0) is 6.42 Å². The van der Waals surface area contributed by atoms with E-state index in [1.54, 1.807) is 6.08 Å². The number of benzene rings is 1. The van der Waals surface area contributed by atoms with Crippen LogP contribution in [0.5, 0.6) is 0 Å². The van der Waals surface area contributed by atoms with Crippen molar-refractivity contribution in [1.82, 2.24) is 0 Å². The van der Waals surface area contributed by atoms with Crippen molar-refractivity contribution in [2.24, 2.45) is 0 Å². The van der Waals surface area contributed by atoms with E-state index in [0.29, 0.717) is 6.54 Å². The summed E-state index contributed by atoms with van der Waals surface area (Å²) in [6.07, 6.45) is 1.68. The maximum atomic E-state index is 10.8. The summed E-state index contributed by atoms with van der Waals surface area (Å²) in [5.74, 6) is 0. The van der Waals surface area contributed by atoms with Gasteiger partial charge in [0.1, 0.15) is 0 Å². The second-order valence-corrected chi connectivity index (χ2v) is 3.28. The molecule has 1 aromatic carbocycles. The molecule has 1 amide bonds. The monoisotopic (exact) mass is 189 g/mol. The summed E-state index contributed by atoms with van der Waals surface area (Å²) in [6.45, 7) is 4.24. The van der Waals surface area contributed by atoms with E-state index in [-0.39, 0.29) is 0 Å². The second-order valence-electron chi connectivity index (χ2n) is 3.28. The van der Waals surface area contributed by atoms with Gasteiger partial charge in [-0.3, -0.25) is 4.90 Å². The van der Waals surface area contributed by atoms with E-state index in [2.05, 4.69) is 6.58 Å². The summed E-state index contributed by atoms with van der Waals surface area (Å²) >= 11 is 0. The van der Waals surface area contributed by atoms with Gasteiger partial charge >= 0.3 is 6.09 Å². The van der Waals surface area contributed by atoms with Crippen LogP contribution in [0.1, 0.15) is 11.1 Å². The molecule has 0 saturated heterocycles. The highest BCUT2D eigenvalue weighted by molar-refractivity contribution is 5.89. The number of nitrogens with zero attached hydrogens (tertiary/aromatic N) is 1. The highest BCUT2D eigenvalue weighted by Crippen LogP contribution is 2.28. The third kappa shape index (κ3) is 1.27. The Morgan fingerprint density at radius 3 is 3.00 bits per heavy atom. The van der Waals surface area contributed by atoms with E-state index >= 15 is 0 Å².